The number of amidine groups is 1. The van der Waals surface area contributed by atoms with Gasteiger partial charge in [-0.15, -0.1) is 0 Å². The van der Waals surface area contributed by atoms with E-state index in [1.165, 1.54) is 12.4 Å². The summed E-state index contributed by atoms with van der Waals surface area (Å²) in [7, 11) is 0. The largest absolute Gasteiger partial charge is 0.338 e. The number of nitrogens with zero attached hydrogens (tertiary/aromatic N) is 3. The first kappa shape index (κ1) is 21.9. The summed E-state index contributed by atoms with van der Waals surface area (Å²) >= 11 is 0. The van der Waals surface area contributed by atoms with Gasteiger partial charge in [-0.2, -0.15) is 5.10 Å². The molecule has 174 valence electrons. The van der Waals surface area contributed by atoms with Gasteiger partial charge in [0.25, 0.3) is 11.5 Å². The molecule has 8 nitrogen and oxygen atoms in total. The zero-order valence-corrected chi connectivity index (χ0v) is 18.6. The number of nitrogens with one attached hydrogen (secondary N) is 3. The van der Waals surface area contributed by atoms with Gasteiger partial charge in [0.15, 0.2) is 0 Å². The van der Waals surface area contributed by atoms with E-state index in [1.807, 2.05) is 12.1 Å². The van der Waals surface area contributed by atoms with Crippen molar-refractivity contribution in [2.45, 2.75) is 31.7 Å². The zero-order chi connectivity index (χ0) is 23.8. The van der Waals surface area contributed by atoms with Crippen LogP contribution in [0.5, 0.6) is 0 Å². The summed E-state index contributed by atoms with van der Waals surface area (Å²) in [6, 6.07) is 11.7. The Morgan fingerprint density at radius 1 is 1.21 bits per heavy atom. The molecule has 1 amide bonds. The molecule has 3 heterocycles. The van der Waals surface area contributed by atoms with Crippen LogP contribution in [0.25, 0.3) is 10.8 Å². The second kappa shape index (κ2) is 8.81. The number of aromatic amines is 1. The molecular weight excluding hydrogens is 435 g/mol. The van der Waals surface area contributed by atoms with E-state index in [0.29, 0.717) is 49.3 Å². The van der Waals surface area contributed by atoms with Gasteiger partial charge in [-0.1, -0.05) is 24.3 Å². The zero-order valence-electron chi connectivity index (χ0n) is 18.6. The Labute approximate surface area is 195 Å². The van der Waals surface area contributed by atoms with Gasteiger partial charge in [-0.3, -0.25) is 20.4 Å². The number of piperidine rings is 2. The van der Waals surface area contributed by atoms with Crippen LogP contribution in [0.3, 0.4) is 0 Å². The molecule has 2 saturated heterocycles. The van der Waals surface area contributed by atoms with E-state index in [0.717, 1.165) is 17.4 Å². The number of rotatable bonds is 4. The minimum Gasteiger partial charge on any atom is -0.338 e. The van der Waals surface area contributed by atoms with Crippen LogP contribution < -0.4 is 5.56 Å². The molecule has 0 unspecified atom stereocenters. The lowest BCUT2D eigenvalue weighted by Crippen LogP contribution is -2.56. The molecule has 2 fully saturated rings. The van der Waals surface area contributed by atoms with Crippen molar-refractivity contribution < 1.29 is 9.18 Å². The Morgan fingerprint density at radius 2 is 2.00 bits per heavy atom. The molecule has 2 aliphatic heterocycles. The van der Waals surface area contributed by atoms with Crippen LogP contribution >= 0.6 is 0 Å². The van der Waals surface area contributed by atoms with Crippen molar-refractivity contribution in [3.8, 4) is 0 Å². The van der Waals surface area contributed by atoms with Crippen molar-refractivity contribution >= 4 is 28.9 Å². The molecule has 3 aromatic rings. The Hall–Kier alpha value is -3.88. The number of carbonyl (C=O) groups is 1. The van der Waals surface area contributed by atoms with Crippen LogP contribution in [0, 0.1) is 22.6 Å². The minimum absolute atomic E-state index is 0.0251. The van der Waals surface area contributed by atoms with Crippen molar-refractivity contribution in [2.75, 3.05) is 13.1 Å². The molecule has 0 spiro atoms. The first-order valence-electron chi connectivity index (χ1n) is 11.4. The molecule has 5 rings (SSSR count). The SMILES string of the molecule is N=CN1C(=N)CC[C@@H]2CN(C(=O)c3cc(Cc4n[nH]c(=O)c5ccccc45)ccc3F)CC[C@@H]21. The van der Waals surface area contributed by atoms with Gasteiger partial charge in [0.05, 0.1) is 23.0 Å². The van der Waals surface area contributed by atoms with Crippen LogP contribution in [0.1, 0.15) is 40.9 Å². The van der Waals surface area contributed by atoms with Crippen LogP contribution in [0.2, 0.25) is 0 Å². The highest BCUT2D eigenvalue weighted by molar-refractivity contribution is 5.95. The normalized spacial score (nSPS) is 20.3. The maximum atomic E-state index is 14.7. The lowest BCUT2D eigenvalue weighted by Gasteiger charge is -2.46. The summed E-state index contributed by atoms with van der Waals surface area (Å²) in [4.78, 5) is 28.7. The van der Waals surface area contributed by atoms with Crippen molar-refractivity contribution in [3.05, 3.63) is 75.5 Å². The van der Waals surface area contributed by atoms with Gasteiger partial charge in [-0.05, 0) is 42.5 Å². The van der Waals surface area contributed by atoms with Gasteiger partial charge in [0.2, 0.25) is 0 Å². The molecule has 0 saturated carbocycles. The second-order valence-corrected chi connectivity index (χ2v) is 8.92. The van der Waals surface area contributed by atoms with Crippen LogP contribution in [-0.2, 0) is 6.42 Å². The second-order valence-electron chi connectivity index (χ2n) is 8.92. The fraction of sp³-hybridized carbons (Fsp3) is 0.320. The third-order valence-electron chi connectivity index (χ3n) is 6.95. The molecule has 2 atom stereocenters. The number of halogens is 1. The highest BCUT2D eigenvalue weighted by atomic mass is 19.1. The van der Waals surface area contributed by atoms with Gasteiger partial charge in [-0.25, -0.2) is 9.49 Å². The van der Waals surface area contributed by atoms with Gasteiger partial charge < -0.3 is 9.80 Å². The molecular formula is C25H25FN6O2. The number of hydrogen-bond acceptors (Lipinski definition) is 5. The molecule has 0 bridgehead atoms. The molecule has 0 aliphatic carbocycles. The first-order chi connectivity index (χ1) is 16.5. The van der Waals surface area contributed by atoms with E-state index >= 15 is 0 Å². The van der Waals surface area contributed by atoms with Gasteiger partial charge >= 0.3 is 0 Å². The molecule has 0 radical (unpaired) electrons. The first-order valence-corrected chi connectivity index (χ1v) is 11.4. The van der Waals surface area contributed by atoms with Crippen molar-refractivity contribution in [1.82, 2.24) is 20.0 Å². The van der Waals surface area contributed by atoms with E-state index < -0.39 is 5.82 Å². The highest BCUT2D eigenvalue weighted by Crippen LogP contribution is 2.31. The predicted molar refractivity (Wildman–Crippen MR) is 127 cm³/mol. The van der Waals surface area contributed by atoms with E-state index in [9.17, 15) is 14.0 Å². The summed E-state index contributed by atoms with van der Waals surface area (Å²) in [5, 5.41) is 23.7. The maximum Gasteiger partial charge on any atom is 0.272 e. The quantitative estimate of drug-likeness (QED) is 0.409. The molecule has 3 N–H and O–H groups in total. The Morgan fingerprint density at radius 3 is 2.79 bits per heavy atom. The molecule has 2 aliphatic rings. The fourth-order valence-corrected chi connectivity index (χ4v) is 5.20. The van der Waals surface area contributed by atoms with Crippen molar-refractivity contribution in [3.63, 3.8) is 0 Å². The average Bonchev–Trinajstić information content (AvgIpc) is 2.86. The molecule has 9 heteroatoms. The van der Waals surface area contributed by atoms with Gasteiger partial charge in [0, 0.05) is 37.4 Å². The topological polar surface area (TPSA) is 117 Å². The summed E-state index contributed by atoms with van der Waals surface area (Å²) in [6.45, 7) is 0.935. The third kappa shape index (κ3) is 3.87. The monoisotopic (exact) mass is 460 g/mol. The number of hydrogen-bond donors (Lipinski definition) is 3. The summed E-state index contributed by atoms with van der Waals surface area (Å²) in [6.07, 6.45) is 3.55. The average molecular weight is 461 g/mol. The number of carbonyl (C=O) groups excluding carboxylic acids is 1. The highest BCUT2D eigenvalue weighted by Gasteiger charge is 2.39. The van der Waals surface area contributed by atoms with E-state index in [-0.39, 0.29) is 29.0 Å². The third-order valence-corrected chi connectivity index (χ3v) is 6.95. The summed E-state index contributed by atoms with van der Waals surface area (Å²) in [5.74, 6) is -0.324. The molecule has 34 heavy (non-hydrogen) atoms. The van der Waals surface area contributed by atoms with Gasteiger partial charge in [0.1, 0.15) is 11.7 Å². The van der Waals surface area contributed by atoms with E-state index in [4.69, 9.17) is 10.8 Å². The van der Waals surface area contributed by atoms with E-state index in [2.05, 4.69) is 10.2 Å². The number of benzene rings is 2. The number of amides is 1. The fourth-order valence-electron chi connectivity index (χ4n) is 5.20. The van der Waals surface area contributed by atoms with Crippen LogP contribution in [0.15, 0.2) is 47.3 Å². The van der Waals surface area contributed by atoms with Crippen molar-refractivity contribution in [2.24, 2.45) is 5.92 Å². The number of likely N-dealkylation sites (tertiary alicyclic amines) is 2. The van der Waals surface area contributed by atoms with Crippen LogP contribution in [0.4, 0.5) is 4.39 Å². The standard InChI is InChI=1S/C25H25FN6O2/c26-20-7-5-15(12-21-17-3-1-2-4-18(17)24(33)30-29-21)11-19(20)25(34)31-10-9-22-16(13-31)6-8-23(28)32(22)14-27/h1-5,7,11,14,16,22,27-28H,6,8-10,12-13H2,(H,30,33)/t16-,22+/m1/s1. The lowest BCUT2D eigenvalue weighted by molar-refractivity contribution is 0.0562. The summed E-state index contributed by atoms with van der Waals surface area (Å²) in [5.41, 5.74) is 1.14. The smallest absolute Gasteiger partial charge is 0.272 e. The summed E-state index contributed by atoms with van der Waals surface area (Å²) < 4.78 is 14.7. The molecule has 1 aromatic heterocycles. The Balaban J connectivity index is 1.38. The van der Waals surface area contributed by atoms with Crippen molar-refractivity contribution in [1.29, 1.82) is 10.8 Å². The predicted octanol–water partition coefficient (Wildman–Crippen LogP) is 3.16. The Kier molecular flexibility index (Phi) is 5.69. The van der Waals surface area contributed by atoms with E-state index in [1.54, 1.807) is 34.1 Å². The maximum absolute atomic E-state index is 14.7. The number of fused-ring (bicyclic) bond motifs is 2. The lowest BCUT2D eigenvalue weighted by atomic mass is 9.83. The number of H-pyrrole nitrogens is 1. The minimum atomic E-state index is -0.568. The van der Waals surface area contributed by atoms with Crippen LogP contribution in [-0.4, -0.2) is 57.2 Å². The Bertz CT molecular complexity index is 1350. The number of aromatic nitrogens is 2. The molecule has 2 aromatic carbocycles.